The fourth-order valence-corrected chi connectivity index (χ4v) is 2.50. The molecule has 25 heavy (non-hydrogen) atoms. The molecule has 0 aliphatic heterocycles. The number of para-hydroxylation sites is 1. The molecule has 1 heterocycles. The van der Waals surface area contributed by atoms with Crippen LogP contribution in [0.25, 0.3) is 0 Å². The van der Waals surface area contributed by atoms with Gasteiger partial charge in [0, 0.05) is 16.8 Å². The molecule has 1 aromatic heterocycles. The normalized spacial score (nSPS) is 11.7. The molecule has 0 fully saturated rings. The van der Waals surface area contributed by atoms with Gasteiger partial charge in [-0.05, 0) is 36.4 Å². The van der Waals surface area contributed by atoms with Crippen molar-refractivity contribution in [2.24, 2.45) is 10.1 Å². The van der Waals surface area contributed by atoms with Crippen molar-refractivity contribution in [3.63, 3.8) is 0 Å². The third-order valence-corrected chi connectivity index (χ3v) is 3.80. The Kier molecular flexibility index (Phi) is 5.77. The van der Waals surface area contributed by atoms with Gasteiger partial charge in [-0.3, -0.25) is 10.4 Å². The summed E-state index contributed by atoms with van der Waals surface area (Å²) in [7, 11) is 0. The number of hydrazone groups is 1. The maximum atomic E-state index is 6.15. The summed E-state index contributed by atoms with van der Waals surface area (Å²) in [5.74, 6) is 0.535. The lowest BCUT2D eigenvalue weighted by Gasteiger charge is -2.05. The van der Waals surface area contributed by atoms with Crippen molar-refractivity contribution in [2.75, 3.05) is 0 Å². The summed E-state index contributed by atoms with van der Waals surface area (Å²) < 4.78 is 0. The first-order chi connectivity index (χ1) is 12.2. The van der Waals surface area contributed by atoms with Crippen molar-refractivity contribution in [1.29, 1.82) is 0 Å². The summed E-state index contributed by atoms with van der Waals surface area (Å²) in [6.45, 7) is 0. The van der Waals surface area contributed by atoms with Crippen LogP contribution in [0.4, 0.5) is 5.69 Å². The summed E-state index contributed by atoms with van der Waals surface area (Å²) in [6, 6.07) is 20.4. The summed E-state index contributed by atoms with van der Waals surface area (Å²) in [5.41, 5.74) is 5.18. The van der Waals surface area contributed by atoms with Crippen LogP contribution in [0.1, 0.15) is 11.3 Å². The molecule has 0 aliphatic carbocycles. The molecule has 0 bridgehead atoms. The van der Waals surface area contributed by atoms with Gasteiger partial charge in [-0.1, -0.05) is 53.5 Å². The van der Waals surface area contributed by atoms with E-state index < -0.39 is 0 Å². The Balaban J connectivity index is 1.85. The Morgan fingerprint density at radius 1 is 0.960 bits per heavy atom. The van der Waals surface area contributed by atoms with Crippen molar-refractivity contribution < 1.29 is 0 Å². The third kappa shape index (κ3) is 4.89. The highest BCUT2D eigenvalue weighted by molar-refractivity contribution is 6.36. The molecule has 2 aromatic carbocycles. The molecule has 0 amide bonds. The monoisotopic (exact) mass is 368 g/mol. The predicted octanol–water partition coefficient (Wildman–Crippen LogP) is 5.09. The number of halogens is 2. The second-order valence-electron chi connectivity index (χ2n) is 5.05. The van der Waals surface area contributed by atoms with Crippen molar-refractivity contribution in [2.45, 2.75) is 0 Å². The van der Waals surface area contributed by atoms with Crippen molar-refractivity contribution in [3.8, 4) is 0 Å². The molecule has 0 saturated carbocycles. The number of hydrogen-bond acceptors (Lipinski definition) is 3. The second kappa shape index (κ2) is 8.42. The third-order valence-electron chi connectivity index (χ3n) is 3.24. The topological polar surface area (TPSA) is 49.6 Å². The van der Waals surface area contributed by atoms with Gasteiger partial charge in [0.25, 0.3) is 0 Å². The van der Waals surface area contributed by atoms with E-state index in [0.717, 1.165) is 11.3 Å². The summed E-state index contributed by atoms with van der Waals surface area (Å²) >= 11 is 12.0. The number of benzene rings is 2. The molecule has 0 atom stereocenters. The zero-order valence-corrected chi connectivity index (χ0v) is 14.6. The Morgan fingerprint density at radius 2 is 1.76 bits per heavy atom. The highest BCUT2D eigenvalue weighted by Crippen LogP contribution is 2.19. The summed E-state index contributed by atoms with van der Waals surface area (Å²) in [5, 5.41) is 5.34. The number of nitrogens with zero attached hydrogens (tertiary/aromatic N) is 3. The molecule has 0 radical (unpaired) electrons. The van der Waals surface area contributed by atoms with Crippen LogP contribution >= 0.6 is 23.2 Å². The summed E-state index contributed by atoms with van der Waals surface area (Å²) in [6.07, 6.45) is 3.32. The first kappa shape index (κ1) is 17.1. The maximum Gasteiger partial charge on any atom is 0.172 e. The van der Waals surface area contributed by atoms with Crippen LogP contribution in [0.3, 0.4) is 0 Å². The Morgan fingerprint density at radius 3 is 2.48 bits per heavy atom. The second-order valence-corrected chi connectivity index (χ2v) is 5.89. The van der Waals surface area contributed by atoms with E-state index in [1.54, 1.807) is 30.6 Å². The molecule has 0 spiro atoms. The van der Waals surface area contributed by atoms with E-state index in [9.17, 15) is 0 Å². The van der Waals surface area contributed by atoms with Crippen molar-refractivity contribution in [1.82, 2.24) is 10.4 Å². The smallest absolute Gasteiger partial charge is 0.172 e. The van der Waals surface area contributed by atoms with Crippen LogP contribution in [0, 0.1) is 0 Å². The molecule has 124 valence electrons. The number of pyridine rings is 1. The van der Waals surface area contributed by atoms with Crippen LogP contribution < -0.4 is 5.43 Å². The molecule has 0 unspecified atom stereocenters. The lowest BCUT2D eigenvalue weighted by atomic mass is 10.2. The van der Waals surface area contributed by atoms with E-state index in [2.05, 4.69) is 20.5 Å². The Bertz CT molecular complexity index is 894. The molecule has 1 N–H and O–H groups in total. The number of rotatable bonds is 4. The first-order valence-electron chi connectivity index (χ1n) is 7.51. The zero-order chi connectivity index (χ0) is 17.5. The minimum Gasteiger partial charge on any atom is -0.260 e. The fraction of sp³-hybridized carbons (Fsp3) is 0. The molecule has 0 saturated heterocycles. The highest BCUT2D eigenvalue weighted by atomic mass is 35.5. The Hall–Kier alpha value is -2.69. The van der Waals surface area contributed by atoms with Gasteiger partial charge >= 0.3 is 0 Å². The van der Waals surface area contributed by atoms with Crippen LogP contribution in [0.2, 0.25) is 10.0 Å². The van der Waals surface area contributed by atoms with Crippen LogP contribution in [-0.2, 0) is 0 Å². The fourth-order valence-electron chi connectivity index (χ4n) is 2.04. The van der Waals surface area contributed by atoms with Gasteiger partial charge in [-0.2, -0.15) is 5.10 Å². The average molecular weight is 369 g/mol. The van der Waals surface area contributed by atoms with Gasteiger partial charge in [0.1, 0.15) is 5.69 Å². The van der Waals surface area contributed by atoms with Gasteiger partial charge in [0.05, 0.1) is 16.9 Å². The first-order valence-corrected chi connectivity index (χ1v) is 8.27. The standard InChI is InChI=1S/C19H14Cl2N4/c20-15-10-9-14(17(21)12-15)13-23-25-19(18-8-4-5-11-22-18)24-16-6-2-1-3-7-16/h1-13H,(H,24,25)/b23-13+. The van der Waals surface area contributed by atoms with Crippen LogP contribution in [0.5, 0.6) is 0 Å². The predicted molar refractivity (Wildman–Crippen MR) is 104 cm³/mol. The SMILES string of the molecule is Clc1ccc(/C=N/NC(=Nc2ccccc2)c2ccccn2)c(Cl)c1. The number of nitrogens with one attached hydrogen (secondary N) is 1. The number of aromatic nitrogens is 1. The average Bonchev–Trinajstić information content (AvgIpc) is 2.64. The molecular formula is C19H14Cl2N4. The molecule has 0 aliphatic rings. The minimum absolute atomic E-state index is 0.525. The quantitative estimate of drug-likeness (QED) is 0.396. The van der Waals surface area contributed by atoms with Gasteiger partial charge in [0.15, 0.2) is 5.84 Å². The van der Waals surface area contributed by atoms with Gasteiger partial charge < -0.3 is 0 Å². The zero-order valence-electron chi connectivity index (χ0n) is 13.1. The van der Waals surface area contributed by atoms with Gasteiger partial charge in [-0.15, -0.1) is 0 Å². The molecule has 3 aromatic rings. The maximum absolute atomic E-state index is 6.15. The lowest BCUT2D eigenvalue weighted by Crippen LogP contribution is -2.20. The number of aliphatic imine (C=N–C) groups is 1. The molecule has 4 nitrogen and oxygen atoms in total. The van der Waals surface area contributed by atoms with Crippen molar-refractivity contribution >= 4 is 40.9 Å². The molecule has 3 rings (SSSR count). The number of amidine groups is 1. The van der Waals surface area contributed by atoms with E-state index in [-0.39, 0.29) is 0 Å². The minimum atomic E-state index is 0.525. The Labute approximate surface area is 155 Å². The van der Waals surface area contributed by atoms with E-state index >= 15 is 0 Å². The number of hydrogen-bond donors (Lipinski definition) is 1. The van der Waals surface area contributed by atoms with E-state index in [4.69, 9.17) is 23.2 Å². The molecular weight excluding hydrogens is 355 g/mol. The van der Waals surface area contributed by atoms with Crippen molar-refractivity contribution in [3.05, 3.63) is 94.2 Å². The van der Waals surface area contributed by atoms with E-state index in [1.807, 2.05) is 48.5 Å². The van der Waals surface area contributed by atoms with Crippen LogP contribution in [0.15, 0.2) is 83.0 Å². The largest absolute Gasteiger partial charge is 0.260 e. The lowest BCUT2D eigenvalue weighted by molar-refractivity contribution is 1.02. The molecule has 6 heteroatoms. The van der Waals surface area contributed by atoms with Gasteiger partial charge in [0.2, 0.25) is 0 Å². The highest BCUT2D eigenvalue weighted by Gasteiger charge is 2.04. The van der Waals surface area contributed by atoms with Gasteiger partial charge in [-0.25, -0.2) is 4.99 Å². The van der Waals surface area contributed by atoms with E-state index in [0.29, 0.717) is 21.6 Å². The van der Waals surface area contributed by atoms with Crippen LogP contribution in [-0.4, -0.2) is 17.0 Å². The summed E-state index contributed by atoms with van der Waals surface area (Å²) in [4.78, 5) is 8.89. The van der Waals surface area contributed by atoms with E-state index in [1.165, 1.54) is 0 Å².